The molecule has 1 unspecified atom stereocenters. The number of rotatable bonds is 3. The van der Waals surface area contributed by atoms with Crippen LogP contribution in [0.15, 0.2) is 12.1 Å². The number of aliphatic carboxylic acids is 1. The van der Waals surface area contributed by atoms with E-state index in [1.165, 1.54) is 19.1 Å². The Balaban J connectivity index is 2.54. The molecule has 18 heavy (non-hydrogen) atoms. The Hall–Kier alpha value is -2.31. The lowest BCUT2D eigenvalue weighted by atomic mass is 10.00. The highest BCUT2D eigenvalue weighted by Crippen LogP contribution is 2.41. The van der Waals surface area contributed by atoms with Crippen LogP contribution in [-0.4, -0.2) is 29.2 Å². The molecule has 1 atom stereocenters. The van der Waals surface area contributed by atoms with Crippen LogP contribution in [0.1, 0.15) is 18.4 Å². The van der Waals surface area contributed by atoms with Crippen molar-refractivity contribution in [3.63, 3.8) is 0 Å². The second kappa shape index (κ2) is 4.52. The molecule has 0 radical (unpaired) electrons. The average Bonchev–Trinajstić information content (AvgIpc) is 2.36. The van der Waals surface area contributed by atoms with Crippen LogP contribution in [0, 0.1) is 10.1 Å². The number of carboxylic acid groups (broad SMARTS) is 1. The summed E-state index contributed by atoms with van der Waals surface area (Å²) in [5.41, 5.74) is 0.0498. The van der Waals surface area contributed by atoms with E-state index in [1.807, 2.05) is 0 Å². The zero-order valence-electron chi connectivity index (χ0n) is 9.58. The summed E-state index contributed by atoms with van der Waals surface area (Å²) >= 11 is 0. The second-order valence-corrected chi connectivity index (χ2v) is 3.88. The normalized spacial score (nSPS) is 14.9. The highest BCUT2D eigenvalue weighted by atomic mass is 16.6. The monoisotopic (exact) mass is 253 g/mol. The maximum Gasteiger partial charge on any atom is 0.315 e. The first kappa shape index (κ1) is 12.2. The van der Waals surface area contributed by atoms with Crippen molar-refractivity contribution < 1.29 is 24.3 Å². The first-order valence-corrected chi connectivity index (χ1v) is 5.31. The Morgan fingerprint density at radius 2 is 2.11 bits per heavy atom. The predicted molar refractivity (Wildman–Crippen MR) is 60.1 cm³/mol. The van der Waals surface area contributed by atoms with E-state index in [9.17, 15) is 14.9 Å². The molecule has 0 saturated carbocycles. The molecule has 7 heteroatoms. The Bertz CT molecular complexity index is 513. The van der Waals surface area contributed by atoms with Crippen molar-refractivity contribution in [2.24, 2.45) is 0 Å². The van der Waals surface area contributed by atoms with Crippen LogP contribution in [-0.2, 0) is 4.79 Å². The minimum Gasteiger partial charge on any atom is -0.486 e. The summed E-state index contributed by atoms with van der Waals surface area (Å²) in [6.45, 7) is 1.98. The highest BCUT2D eigenvalue weighted by molar-refractivity contribution is 5.77. The standard InChI is InChI=1S/C11H11NO6/c1-6(11(13)14)7-4-8(12(15)16)10-9(5-7)17-2-3-18-10/h4-6H,2-3H2,1H3,(H,13,14). The van der Waals surface area contributed by atoms with Gasteiger partial charge in [-0.25, -0.2) is 0 Å². The summed E-state index contributed by atoms with van der Waals surface area (Å²) in [5.74, 6) is -1.62. The molecule has 96 valence electrons. The van der Waals surface area contributed by atoms with E-state index in [2.05, 4.69) is 0 Å². The van der Waals surface area contributed by atoms with Gasteiger partial charge in [-0.3, -0.25) is 14.9 Å². The molecule has 0 spiro atoms. The minimum absolute atomic E-state index is 0.0626. The van der Waals surface area contributed by atoms with Gasteiger partial charge in [-0.05, 0) is 18.6 Å². The van der Waals surface area contributed by atoms with Crippen molar-refractivity contribution in [2.45, 2.75) is 12.8 Å². The number of benzene rings is 1. The van der Waals surface area contributed by atoms with Crippen LogP contribution in [0.3, 0.4) is 0 Å². The predicted octanol–water partition coefficient (Wildman–Crippen LogP) is 1.55. The molecule has 0 aliphatic carbocycles. The van der Waals surface area contributed by atoms with Gasteiger partial charge in [0.25, 0.3) is 0 Å². The molecule has 0 aromatic heterocycles. The van der Waals surface area contributed by atoms with Crippen molar-refractivity contribution in [1.82, 2.24) is 0 Å². The summed E-state index contributed by atoms with van der Waals surface area (Å²) in [6.07, 6.45) is 0. The summed E-state index contributed by atoms with van der Waals surface area (Å²) in [4.78, 5) is 21.2. The second-order valence-electron chi connectivity index (χ2n) is 3.88. The molecule has 1 aromatic carbocycles. The number of carboxylic acids is 1. The summed E-state index contributed by atoms with van der Waals surface area (Å²) in [7, 11) is 0. The van der Waals surface area contributed by atoms with Crippen LogP contribution >= 0.6 is 0 Å². The molecule has 1 aliphatic rings. The van der Waals surface area contributed by atoms with Gasteiger partial charge < -0.3 is 14.6 Å². The van der Waals surface area contributed by atoms with Crippen LogP contribution in [0.5, 0.6) is 11.5 Å². The lowest BCUT2D eigenvalue weighted by molar-refractivity contribution is -0.386. The molecule has 0 saturated heterocycles. The molecular formula is C11H11NO6. The minimum atomic E-state index is -1.05. The van der Waals surface area contributed by atoms with E-state index in [1.54, 1.807) is 0 Å². The molecule has 1 aromatic rings. The van der Waals surface area contributed by atoms with E-state index in [0.29, 0.717) is 5.56 Å². The summed E-state index contributed by atoms with van der Waals surface area (Å²) < 4.78 is 10.5. The number of ether oxygens (including phenoxy) is 2. The zero-order chi connectivity index (χ0) is 13.3. The Labute approximate surface area is 102 Å². The van der Waals surface area contributed by atoms with E-state index >= 15 is 0 Å². The van der Waals surface area contributed by atoms with Gasteiger partial charge in [0.15, 0.2) is 5.75 Å². The third-order valence-electron chi connectivity index (χ3n) is 2.71. The van der Waals surface area contributed by atoms with Crippen molar-refractivity contribution >= 4 is 11.7 Å². The molecular weight excluding hydrogens is 242 g/mol. The van der Waals surface area contributed by atoms with Gasteiger partial charge in [0.1, 0.15) is 13.2 Å². The van der Waals surface area contributed by atoms with Gasteiger partial charge in [0.05, 0.1) is 10.8 Å². The van der Waals surface area contributed by atoms with Gasteiger partial charge in [0, 0.05) is 6.07 Å². The number of hydrogen-bond donors (Lipinski definition) is 1. The quantitative estimate of drug-likeness (QED) is 0.648. The number of hydrogen-bond acceptors (Lipinski definition) is 5. The highest BCUT2D eigenvalue weighted by Gasteiger charge is 2.27. The van der Waals surface area contributed by atoms with Crippen LogP contribution in [0.25, 0.3) is 0 Å². The van der Waals surface area contributed by atoms with Crippen molar-refractivity contribution in [2.75, 3.05) is 13.2 Å². The third-order valence-corrected chi connectivity index (χ3v) is 2.71. The molecule has 0 amide bonds. The van der Waals surface area contributed by atoms with Crippen LogP contribution in [0.2, 0.25) is 0 Å². The average molecular weight is 253 g/mol. The maximum absolute atomic E-state index is 10.9. The molecule has 1 heterocycles. The number of carbonyl (C=O) groups is 1. The van der Waals surface area contributed by atoms with E-state index in [4.69, 9.17) is 14.6 Å². The van der Waals surface area contributed by atoms with Crippen LogP contribution in [0.4, 0.5) is 5.69 Å². The fourth-order valence-corrected chi connectivity index (χ4v) is 1.68. The first-order chi connectivity index (χ1) is 8.50. The van der Waals surface area contributed by atoms with Gasteiger partial charge in [-0.2, -0.15) is 0 Å². The summed E-state index contributed by atoms with van der Waals surface area (Å²) in [5, 5.41) is 19.9. The zero-order valence-corrected chi connectivity index (χ0v) is 9.58. The van der Waals surface area contributed by atoms with Crippen molar-refractivity contribution in [3.05, 3.63) is 27.8 Å². The smallest absolute Gasteiger partial charge is 0.315 e. The van der Waals surface area contributed by atoms with Crippen molar-refractivity contribution in [3.8, 4) is 11.5 Å². The van der Waals surface area contributed by atoms with Gasteiger partial charge >= 0.3 is 11.7 Å². The summed E-state index contributed by atoms with van der Waals surface area (Å²) in [6, 6.07) is 2.69. The molecule has 2 rings (SSSR count). The number of fused-ring (bicyclic) bond motifs is 1. The number of nitrogens with zero attached hydrogens (tertiary/aromatic N) is 1. The first-order valence-electron chi connectivity index (χ1n) is 5.31. The third kappa shape index (κ3) is 2.06. The van der Waals surface area contributed by atoms with Gasteiger partial charge in [-0.15, -0.1) is 0 Å². The van der Waals surface area contributed by atoms with Gasteiger partial charge in [0.2, 0.25) is 5.75 Å². The lowest BCUT2D eigenvalue weighted by Gasteiger charge is -2.19. The van der Waals surface area contributed by atoms with E-state index < -0.39 is 16.8 Å². The number of nitro benzene ring substituents is 1. The lowest BCUT2D eigenvalue weighted by Crippen LogP contribution is -2.17. The fourth-order valence-electron chi connectivity index (χ4n) is 1.68. The molecule has 7 nitrogen and oxygen atoms in total. The van der Waals surface area contributed by atoms with Gasteiger partial charge in [-0.1, -0.05) is 0 Å². The fraction of sp³-hybridized carbons (Fsp3) is 0.364. The molecule has 0 fully saturated rings. The Kier molecular flexibility index (Phi) is 3.05. The number of nitro groups is 1. The SMILES string of the molecule is CC(C(=O)O)c1cc2c(c([N+](=O)[O-])c1)OCCO2. The molecule has 1 aliphatic heterocycles. The van der Waals surface area contributed by atoms with E-state index in [-0.39, 0.29) is 30.4 Å². The van der Waals surface area contributed by atoms with Crippen molar-refractivity contribution in [1.29, 1.82) is 0 Å². The largest absolute Gasteiger partial charge is 0.486 e. The van der Waals surface area contributed by atoms with E-state index in [0.717, 1.165) is 0 Å². The maximum atomic E-state index is 10.9. The molecule has 1 N–H and O–H groups in total. The topological polar surface area (TPSA) is 98.9 Å². The van der Waals surface area contributed by atoms with Crippen LogP contribution < -0.4 is 9.47 Å². The Morgan fingerprint density at radius 1 is 1.44 bits per heavy atom. The molecule has 0 bridgehead atoms. The Morgan fingerprint density at radius 3 is 2.72 bits per heavy atom.